The molecule has 76 valence electrons. The maximum absolute atomic E-state index is 11.2. The smallest absolute Gasteiger partial charge is 0.150 e. The molecule has 0 aromatic carbocycles. The second kappa shape index (κ2) is 2.95. The molecule has 1 heterocycles. The lowest BCUT2D eigenvalue weighted by atomic mass is 9.95. The number of hydrogen-bond acceptors (Lipinski definition) is 3. The molecule has 1 unspecified atom stereocenters. The Morgan fingerprint density at radius 2 is 1.92 bits per heavy atom. The van der Waals surface area contributed by atoms with Crippen LogP contribution in [0.25, 0.3) is 0 Å². The topological polar surface area (TPSA) is 60.2 Å². The summed E-state index contributed by atoms with van der Waals surface area (Å²) in [5.74, 6) is 1.55. The van der Waals surface area contributed by atoms with Crippen LogP contribution in [0.5, 0.6) is 0 Å². The highest BCUT2D eigenvalue weighted by molar-refractivity contribution is 7.91. The number of rotatable bonds is 2. The molecule has 0 radical (unpaired) electrons. The summed E-state index contributed by atoms with van der Waals surface area (Å²) < 4.78 is 22.4. The Balaban J connectivity index is 1.93. The predicted octanol–water partition coefficient (Wildman–Crippen LogP) is 0.550. The zero-order chi connectivity index (χ0) is 9.53. The van der Waals surface area contributed by atoms with Crippen LogP contribution in [0, 0.1) is 11.3 Å². The third-order valence-corrected chi connectivity index (χ3v) is 5.35. The van der Waals surface area contributed by atoms with Crippen molar-refractivity contribution >= 4 is 9.84 Å². The molecule has 1 aliphatic carbocycles. The van der Waals surface area contributed by atoms with Crippen molar-refractivity contribution in [2.24, 2.45) is 17.1 Å². The highest BCUT2D eigenvalue weighted by Crippen LogP contribution is 2.60. The lowest BCUT2D eigenvalue weighted by Crippen LogP contribution is -2.25. The van der Waals surface area contributed by atoms with E-state index in [2.05, 4.69) is 0 Å². The molecule has 1 saturated carbocycles. The molecule has 0 aromatic rings. The summed E-state index contributed by atoms with van der Waals surface area (Å²) in [6.07, 6.45) is 4.08. The molecule has 2 fully saturated rings. The van der Waals surface area contributed by atoms with Gasteiger partial charge in [-0.15, -0.1) is 0 Å². The number of hydrogen-bond donors (Lipinski definition) is 1. The Kier molecular flexibility index (Phi) is 2.15. The zero-order valence-electron chi connectivity index (χ0n) is 7.83. The minimum Gasteiger partial charge on any atom is -0.330 e. The van der Waals surface area contributed by atoms with Crippen molar-refractivity contribution < 1.29 is 8.42 Å². The van der Waals surface area contributed by atoms with E-state index in [1.165, 1.54) is 6.42 Å². The minimum absolute atomic E-state index is 0.394. The van der Waals surface area contributed by atoms with E-state index >= 15 is 0 Å². The second-order valence-electron chi connectivity index (χ2n) is 4.49. The highest BCUT2D eigenvalue weighted by Gasteiger charge is 2.54. The summed E-state index contributed by atoms with van der Waals surface area (Å²) in [7, 11) is -2.68. The summed E-state index contributed by atoms with van der Waals surface area (Å²) in [5.41, 5.74) is 5.89. The van der Waals surface area contributed by atoms with Crippen LogP contribution < -0.4 is 5.73 Å². The molecular formula is C9H17NO2S. The summed E-state index contributed by atoms with van der Waals surface area (Å²) in [4.78, 5) is 0. The first-order valence-electron chi connectivity index (χ1n) is 4.98. The average molecular weight is 203 g/mol. The summed E-state index contributed by atoms with van der Waals surface area (Å²) in [6, 6.07) is 0. The van der Waals surface area contributed by atoms with Gasteiger partial charge in [0.25, 0.3) is 0 Å². The van der Waals surface area contributed by atoms with Crippen molar-refractivity contribution in [3.05, 3.63) is 0 Å². The molecule has 0 aromatic heterocycles. The van der Waals surface area contributed by atoms with Gasteiger partial charge in [-0.05, 0) is 43.6 Å². The highest BCUT2D eigenvalue weighted by atomic mass is 32.2. The van der Waals surface area contributed by atoms with Gasteiger partial charge in [0.2, 0.25) is 0 Å². The average Bonchev–Trinajstić information content (AvgIpc) is 2.73. The second-order valence-corrected chi connectivity index (χ2v) is 6.80. The Morgan fingerprint density at radius 1 is 1.31 bits per heavy atom. The van der Waals surface area contributed by atoms with Crippen LogP contribution in [0.3, 0.4) is 0 Å². The fourth-order valence-electron chi connectivity index (χ4n) is 2.60. The van der Waals surface area contributed by atoms with Crippen LogP contribution >= 0.6 is 0 Å². The van der Waals surface area contributed by atoms with Crippen LogP contribution in [-0.4, -0.2) is 26.5 Å². The van der Waals surface area contributed by atoms with E-state index in [0.29, 0.717) is 16.9 Å². The molecule has 2 N–H and O–H groups in total. The molecule has 2 rings (SSSR count). The molecule has 0 amide bonds. The Hall–Kier alpha value is -0.0900. The first-order valence-corrected chi connectivity index (χ1v) is 6.81. The molecule has 3 nitrogen and oxygen atoms in total. The van der Waals surface area contributed by atoms with Crippen molar-refractivity contribution in [2.45, 2.75) is 25.7 Å². The van der Waals surface area contributed by atoms with E-state index < -0.39 is 9.84 Å². The molecule has 13 heavy (non-hydrogen) atoms. The molecule has 1 saturated heterocycles. The zero-order valence-corrected chi connectivity index (χ0v) is 8.65. The van der Waals surface area contributed by atoms with Gasteiger partial charge in [0.1, 0.15) is 9.84 Å². The third-order valence-electron chi connectivity index (χ3n) is 3.70. The molecule has 1 spiro atoms. The van der Waals surface area contributed by atoms with Gasteiger partial charge in [-0.25, -0.2) is 8.42 Å². The van der Waals surface area contributed by atoms with E-state index in [1.807, 2.05) is 0 Å². The first-order chi connectivity index (χ1) is 6.08. The van der Waals surface area contributed by atoms with Gasteiger partial charge in [0, 0.05) is 0 Å². The van der Waals surface area contributed by atoms with Crippen LogP contribution in [0.2, 0.25) is 0 Å². The molecular weight excluding hydrogens is 186 g/mol. The van der Waals surface area contributed by atoms with Gasteiger partial charge in [0.15, 0.2) is 0 Å². The summed E-state index contributed by atoms with van der Waals surface area (Å²) in [5, 5.41) is 0. The van der Waals surface area contributed by atoms with Crippen molar-refractivity contribution in [2.75, 3.05) is 18.1 Å². The van der Waals surface area contributed by atoms with Gasteiger partial charge in [-0.1, -0.05) is 0 Å². The van der Waals surface area contributed by atoms with Gasteiger partial charge < -0.3 is 5.73 Å². The Bertz CT molecular complexity index is 283. The summed E-state index contributed by atoms with van der Waals surface area (Å²) in [6.45, 7) is 0.749. The van der Waals surface area contributed by atoms with E-state index in [0.717, 1.165) is 31.7 Å². The molecule has 2 aliphatic rings. The van der Waals surface area contributed by atoms with Crippen LogP contribution in [-0.2, 0) is 9.84 Å². The molecule has 4 heteroatoms. The molecule has 1 aliphatic heterocycles. The fraction of sp³-hybridized carbons (Fsp3) is 1.00. The Morgan fingerprint density at radius 3 is 2.46 bits per heavy atom. The SMILES string of the molecule is NCCC1CC12CCS(=O)(=O)CC2. The predicted molar refractivity (Wildman–Crippen MR) is 52.1 cm³/mol. The fourth-order valence-corrected chi connectivity index (χ4v) is 4.24. The van der Waals surface area contributed by atoms with Crippen molar-refractivity contribution in [1.82, 2.24) is 0 Å². The van der Waals surface area contributed by atoms with E-state index in [1.54, 1.807) is 0 Å². The lowest BCUT2D eigenvalue weighted by Gasteiger charge is -2.22. The standard InChI is InChI=1S/C9H17NO2S/c10-4-1-8-7-9(8)2-5-13(11,12)6-3-9/h8H,1-7,10H2. The first kappa shape index (κ1) is 9.46. The van der Waals surface area contributed by atoms with Crippen molar-refractivity contribution in [3.8, 4) is 0 Å². The third kappa shape index (κ3) is 1.74. The maximum Gasteiger partial charge on any atom is 0.150 e. The van der Waals surface area contributed by atoms with Gasteiger partial charge in [0.05, 0.1) is 11.5 Å². The lowest BCUT2D eigenvalue weighted by molar-refractivity contribution is 0.396. The quantitative estimate of drug-likeness (QED) is 0.713. The maximum atomic E-state index is 11.2. The number of nitrogens with two attached hydrogens (primary N) is 1. The molecule has 1 atom stereocenters. The van der Waals surface area contributed by atoms with Crippen LogP contribution in [0.15, 0.2) is 0 Å². The van der Waals surface area contributed by atoms with E-state index in [9.17, 15) is 8.42 Å². The van der Waals surface area contributed by atoms with Crippen molar-refractivity contribution in [3.63, 3.8) is 0 Å². The van der Waals surface area contributed by atoms with E-state index in [4.69, 9.17) is 5.73 Å². The normalized spacial score (nSPS) is 34.7. The van der Waals surface area contributed by atoms with Gasteiger partial charge in [-0.3, -0.25) is 0 Å². The van der Waals surface area contributed by atoms with Gasteiger partial charge >= 0.3 is 0 Å². The van der Waals surface area contributed by atoms with E-state index in [-0.39, 0.29) is 0 Å². The van der Waals surface area contributed by atoms with Crippen LogP contribution in [0.1, 0.15) is 25.7 Å². The van der Waals surface area contributed by atoms with Gasteiger partial charge in [-0.2, -0.15) is 0 Å². The molecule has 0 bridgehead atoms. The largest absolute Gasteiger partial charge is 0.330 e. The van der Waals surface area contributed by atoms with Crippen LogP contribution in [0.4, 0.5) is 0 Å². The monoisotopic (exact) mass is 203 g/mol. The Labute approximate surface area is 79.6 Å². The minimum atomic E-state index is -2.68. The number of sulfone groups is 1. The van der Waals surface area contributed by atoms with Crippen molar-refractivity contribution in [1.29, 1.82) is 0 Å². The summed E-state index contributed by atoms with van der Waals surface area (Å²) >= 11 is 0.